The van der Waals surface area contributed by atoms with E-state index in [1.54, 1.807) is 6.92 Å². The number of carbonyl (C=O) groups is 1. The van der Waals surface area contributed by atoms with Gasteiger partial charge in [-0.05, 0) is 57.0 Å². The van der Waals surface area contributed by atoms with Crippen molar-refractivity contribution in [1.29, 1.82) is 0 Å². The number of carbonyl (C=O) groups excluding carboxylic acids is 1. The van der Waals surface area contributed by atoms with Crippen LogP contribution in [0.25, 0.3) is 0 Å². The molecule has 0 radical (unpaired) electrons. The quantitative estimate of drug-likeness (QED) is 0.525. The molecule has 0 aromatic heterocycles. The first-order valence-electron chi connectivity index (χ1n) is 8.06. The van der Waals surface area contributed by atoms with Crippen molar-refractivity contribution in [2.75, 3.05) is 13.2 Å². The van der Waals surface area contributed by atoms with Crippen LogP contribution in [0.4, 0.5) is 0 Å². The van der Waals surface area contributed by atoms with E-state index in [1.807, 2.05) is 36.9 Å². The minimum Gasteiger partial charge on any atom is -0.482 e. The highest BCUT2D eigenvalue weighted by Gasteiger charge is 2.22. The fraction of sp³-hybridized carbons (Fsp3) is 0.350. The molecule has 0 bridgehead atoms. The van der Waals surface area contributed by atoms with Gasteiger partial charge in [0.1, 0.15) is 5.75 Å². The Balaban J connectivity index is 2.05. The number of hydrogen-bond donors (Lipinski definition) is 0. The highest BCUT2D eigenvalue weighted by Crippen LogP contribution is 2.41. The fourth-order valence-corrected chi connectivity index (χ4v) is 3.59. The number of ether oxygens (including phenoxy) is 2. The number of esters is 1. The summed E-state index contributed by atoms with van der Waals surface area (Å²) >= 11 is 1.81. The van der Waals surface area contributed by atoms with Crippen LogP contribution in [0.15, 0.2) is 53.4 Å². The first-order valence-corrected chi connectivity index (χ1v) is 8.87. The first kappa shape index (κ1) is 18.4. The van der Waals surface area contributed by atoms with E-state index in [0.717, 1.165) is 5.56 Å². The van der Waals surface area contributed by atoms with Gasteiger partial charge in [-0.3, -0.25) is 0 Å². The monoisotopic (exact) mass is 344 g/mol. The molecule has 0 heterocycles. The van der Waals surface area contributed by atoms with Gasteiger partial charge in [-0.1, -0.05) is 30.3 Å². The minimum atomic E-state index is -0.347. The predicted molar refractivity (Wildman–Crippen MR) is 98.6 cm³/mol. The number of hydrogen-bond acceptors (Lipinski definition) is 4. The van der Waals surface area contributed by atoms with Crippen LogP contribution in [0.1, 0.15) is 31.9 Å². The number of thioether (sulfide) groups is 1. The second-order valence-corrected chi connectivity index (χ2v) is 7.70. The molecule has 0 N–H and O–H groups in total. The molecule has 0 amide bonds. The Morgan fingerprint density at radius 3 is 2.46 bits per heavy atom. The summed E-state index contributed by atoms with van der Waals surface area (Å²) in [5.74, 6) is 0.366. The van der Waals surface area contributed by atoms with Gasteiger partial charge < -0.3 is 9.47 Å². The summed E-state index contributed by atoms with van der Waals surface area (Å²) in [5, 5.41) is 0. The summed E-state index contributed by atoms with van der Waals surface area (Å²) in [6, 6.07) is 16.5. The summed E-state index contributed by atoms with van der Waals surface area (Å²) in [7, 11) is 0. The van der Waals surface area contributed by atoms with Crippen LogP contribution < -0.4 is 4.74 Å². The predicted octanol–water partition coefficient (Wildman–Crippen LogP) is 4.96. The second-order valence-electron chi connectivity index (χ2n) is 6.00. The Morgan fingerprint density at radius 2 is 1.83 bits per heavy atom. The summed E-state index contributed by atoms with van der Waals surface area (Å²) in [6.07, 6.45) is 0. The highest BCUT2D eigenvalue weighted by atomic mass is 32.2. The lowest BCUT2D eigenvalue weighted by molar-refractivity contribution is -0.145. The van der Waals surface area contributed by atoms with E-state index in [9.17, 15) is 4.79 Å². The van der Waals surface area contributed by atoms with Gasteiger partial charge >= 0.3 is 5.97 Å². The molecule has 24 heavy (non-hydrogen) atoms. The van der Waals surface area contributed by atoms with Crippen LogP contribution in [0, 0.1) is 6.92 Å². The van der Waals surface area contributed by atoms with Crippen LogP contribution in [-0.4, -0.2) is 19.2 Å². The number of aryl methyl sites for hydroxylation is 1. The average molecular weight is 344 g/mol. The summed E-state index contributed by atoms with van der Waals surface area (Å²) in [4.78, 5) is 12.6. The molecule has 2 aromatic carbocycles. The molecule has 128 valence electrons. The van der Waals surface area contributed by atoms with Gasteiger partial charge in [-0.2, -0.15) is 0 Å². The molecule has 0 spiro atoms. The normalized spacial score (nSPS) is 11.2. The average Bonchev–Trinajstić information content (AvgIpc) is 2.55. The number of benzene rings is 2. The Labute approximate surface area is 148 Å². The van der Waals surface area contributed by atoms with Gasteiger partial charge in [-0.25, -0.2) is 4.79 Å². The molecule has 4 heteroatoms. The van der Waals surface area contributed by atoms with Crippen LogP contribution in [0.3, 0.4) is 0 Å². The summed E-state index contributed by atoms with van der Waals surface area (Å²) < 4.78 is 10.4. The molecule has 0 saturated carbocycles. The lowest BCUT2D eigenvalue weighted by atomic mass is 10.0. The zero-order valence-corrected chi connectivity index (χ0v) is 15.5. The van der Waals surface area contributed by atoms with E-state index in [2.05, 4.69) is 44.2 Å². The van der Waals surface area contributed by atoms with Crippen LogP contribution in [0.2, 0.25) is 0 Å². The molecule has 2 rings (SSSR count). The van der Waals surface area contributed by atoms with E-state index in [0.29, 0.717) is 12.4 Å². The minimum absolute atomic E-state index is 0.0268. The van der Waals surface area contributed by atoms with Gasteiger partial charge in [0.15, 0.2) is 6.61 Å². The van der Waals surface area contributed by atoms with Crippen molar-refractivity contribution in [2.45, 2.75) is 37.3 Å². The molecule has 0 aliphatic heterocycles. The zero-order chi connectivity index (χ0) is 17.6. The van der Waals surface area contributed by atoms with Crippen molar-refractivity contribution >= 4 is 17.7 Å². The van der Waals surface area contributed by atoms with E-state index >= 15 is 0 Å². The maximum atomic E-state index is 11.4. The SMILES string of the molecule is CCOC(=O)COc1ccc(SC(C)(C)c2ccccc2)cc1C. The maximum Gasteiger partial charge on any atom is 0.344 e. The molecule has 0 aliphatic carbocycles. The Morgan fingerprint density at radius 1 is 1.12 bits per heavy atom. The van der Waals surface area contributed by atoms with Crippen molar-refractivity contribution in [3.8, 4) is 5.75 Å². The topological polar surface area (TPSA) is 35.5 Å². The van der Waals surface area contributed by atoms with Crippen molar-refractivity contribution in [1.82, 2.24) is 0 Å². The lowest BCUT2D eigenvalue weighted by Gasteiger charge is -2.25. The summed E-state index contributed by atoms with van der Waals surface area (Å²) in [5.41, 5.74) is 2.29. The van der Waals surface area contributed by atoms with Crippen molar-refractivity contribution in [3.05, 3.63) is 59.7 Å². The second kappa shape index (κ2) is 8.25. The molecule has 0 atom stereocenters. The molecule has 0 unspecified atom stereocenters. The van der Waals surface area contributed by atoms with Crippen molar-refractivity contribution in [2.24, 2.45) is 0 Å². The molecule has 0 saturated heterocycles. The van der Waals surface area contributed by atoms with Gasteiger partial charge in [0.2, 0.25) is 0 Å². The first-order chi connectivity index (χ1) is 11.4. The molecule has 0 fully saturated rings. The standard InChI is InChI=1S/C20H24O3S/c1-5-22-19(21)14-23-18-12-11-17(13-15(18)2)24-20(3,4)16-9-7-6-8-10-16/h6-13H,5,14H2,1-4H3. The van der Waals surface area contributed by atoms with Gasteiger partial charge in [0.25, 0.3) is 0 Å². The van der Waals surface area contributed by atoms with E-state index < -0.39 is 0 Å². The number of rotatable bonds is 7. The maximum absolute atomic E-state index is 11.4. The van der Waals surface area contributed by atoms with Crippen molar-refractivity contribution < 1.29 is 14.3 Å². The third-order valence-electron chi connectivity index (χ3n) is 3.64. The van der Waals surface area contributed by atoms with E-state index in [4.69, 9.17) is 9.47 Å². The van der Waals surface area contributed by atoms with Gasteiger partial charge in [-0.15, -0.1) is 11.8 Å². The zero-order valence-electron chi connectivity index (χ0n) is 14.7. The molecule has 2 aromatic rings. The van der Waals surface area contributed by atoms with E-state index in [1.165, 1.54) is 10.5 Å². The Bertz CT molecular complexity index is 681. The third kappa shape index (κ3) is 5.03. The molecular weight excluding hydrogens is 320 g/mol. The summed E-state index contributed by atoms with van der Waals surface area (Å²) in [6.45, 7) is 8.51. The van der Waals surface area contributed by atoms with Crippen molar-refractivity contribution in [3.63, 3.8) is 0 Å². The van der Waals surface area contributed by atoms with E-state index in [-0.39, 0.29) is 17.3 Å². The molecule has 0 aliphatic rings. The fourth-order valence-electron chi connectivity index (χ4n) is 2.38. The van der Waals surface area contributed by atoms with Gasteiger partial charge in [0, 0.05) is 9.64 Å². The lowest BCUT2D eigenvalue weighted by Crippen LogP contribution is -2.15. The van der Waals surface area contributed by atoms with Crippen LogP contribution >= 0.6 is 11.8 Å². The smallest absolute Gasteiger partial charge is 0.344 e. The Hall–Kier alpha value is -1.94. The Kier molecular flexibility index (Phi) is 6.32. The third-order valence-corrected chi connectivity index (χ3v) is 4.87. The highest BCUT2D eigenvalue weighted by molar-refractivity contribution is 8.00. The van der Waals surface area contributed by atoms with Crippen LogP contribution in [-0.2, 0) is 14.3 Å². The molecule has 3 nitrogen and oxygen atoms in total. The van der Waals surface area contributed by atoms with Gasteiger partial charge in [0.05, 0.1) is 6.61 Å². The van der Waals surface area contributed by atoms with Crippen LogP contribution in [0.5, 0.6) is 5.75 Å². The largest absolute Gasteiger partial charge is 0.482 e. The molecular formula is C20H24O3S.